The average Bonchev–Trinajstić information content (AvgIpc) is 2.17. The number of nitrogens with one attached hydrogen (secondary N) is 3. The summed E-state index contributed by atoms with van der Waals surface area (Å²) in [6, 6.07) is -0.596. The van der Waals surface area contributed by atoms with Gasteiger partial charge in [0.15, 0.2) is 0 Å². The van der Waals surface area contributed by atoms with E-state index in [1.54, 1.807) is 20.8 Å². The Morgan fingerprint density at radius 2 is 1.94 bits per heavy atom. The number of rotatable bonds is 2. The summed E-state index contributed by atoms with van der Waals surface area (Å²) >= 11 is 0. The molecule has 0 radical (unpaired) electrons. The molecule has 2 atom stereocenters. The number of amides is 2. The second-order valence-electron chi connectivity index (χ2n) is 5.30. The van der Waals surface area contributed by atoms with E-state index in [-0.39, 0.29) is 12.1 Å². The Hall–Kier alpha value is -1.50. The summed E-state index contributed by atoms with van der Waals surface area (Å²) in [6.45, 7) is 6.57. The van der Waals surface area contributed by atoms with Crippen LogP contribution < -0.4 is 16.0 Å². The lowest BCUT2D eigenvalue weighted by molar-refractivity contribution is 0.0483. The highest BCUT2D eigenvalue weighted by Gasteiger charge is 2.29. The van der Waals surface area contributed by atoms with Gasteiger partial charge in [0, 0.05) is 6.54 Å². The molecule has 0 aromatic heterocycles. The quantitative estimate of drug-likeness (QED) is 0.579. The van der Waals surface area contributed by atoms with Gasteiger partial charge in [0.2, 0.25) is 0 Å². The first-order chi connectivity index (χ1) is 8.28. The Bertz CT molecular complexity index is 314. The summed E-state index contributed by atoms with van der Waals surface area (Å²) in [5, 5.41) is 16.9. The van der Waals surface area contributed by atoms with Crippen LogP contribution in [0, 0.1) is 0 Å². The molecule has 2 amide bonds. The Morgan fingerprint density at radius 3 is 2.50 bits per heavy atom. The summed E-state index contributed by atoms with van der Waals surface area (Å²) in [6.07, 6.45) is -0.987. The standard InChI is InChI=1S/C11H21N3O4/c1-11(2,3)18-10(17)14-8-6-12-5-4-7(8)13-9(15)16/h7-8,12-13H,4-6H2,1-3H3,(H,14,17)(H,15,16)/t7-,8-/m0/s1. The number of carboxylic acid groups (broad SMARTS) is 1. The molecule has 1 saturated heterocycles. The van der Waals surface area contributed by atoms with E-state index in [9.17, 15) is 9.59 Å². The Morgan fingerprint density at radius 1 is 1.28 bits per heavy atom. The highest BCUT2D eigenvalue weighted by atomic mass is 16.6. The monoisotopic (exact) mass is 259 g/mol. The van der Waals surface area contributed by atoms with E-state index in [1.807, 2.05) is 0 Å². The maximum atomic E-state index is 11.6. The van der Waals surface area contributed by atoms with Crippen LogP contribution in [0.5, 0.6) is 0 Å². The molecule has 0 spiro atoms. The van der Waals surface area contributed by atoms with Gasteiger partial charge in [0.05, 0.1) is 12.1 Å². The third-order valence-electron chi connectivity index (χ3n) is 2.49. The molecule has 1 aliphatic rings. The zero-order chi connectivity index (χ0) is 13.8. The van der Waals surface area contributed by atoms with Crippen LogP contribution in [0.3, 0.4) is 0 Å². The van der Waals surface area contributed by atoms with Crippen molar-refractivity contribution in [2.24, 2.45) is 0 Å². The van der Waals surface area contributed by atoms with Gasteiger partial charge in [-0.25, -0.2) is 9.59 Å². The third-order valence-corrected chi connectivity index (χ3v) is 2.49. The van der Waals surface area contributed by atoms with Crippen molar-refractivity contribution in [2.45, 2.75) is 44.9 Å². The zero-order valence-electron chi connectivity index (χ0n) is 10.9. The number of hydrogen-bond acceptors (Lipinski definition) is 4. The second kappa shape index (κ2) is 5.90. The molecule has 1 rings (SSSR count). The first-order valence-corrected chi connectivity index (χ1v) is 5.97. The largest absolute Gasteiger partial charge is 0.465 e. The zero-order valence-corrected chi connectivity index (χ0v) is 10.9. The maximum absolute atomic E-state index is 11.6. The lowest BCUT2D eigenvalue weighted by Gasteiger charge is -2.33. The minimum atomic E-state index is -1.09. The van der Waals surface area contributed by atoms with Crippen molar-refractivity contribution in [3.05, 3.63) is 0 Å². The van der Waals surface area contributed by atoms with E-state index in [1.165, 1.54) is 0 Å². The topological polar surface area (TPSA) is 99.7 Å². The lowest BCUT2D eigenvalue weighted by atomic mass is 10.0. The van der Waals surface area contributed by atoms with Gasteiger partial charge in [0.25, 0.3) is 0 Å². The molecule has 0 unspecified atom stereocenters. The third kappa shape index (κ3) is 5.22. The van der Waals surface area contributed by atoms with Gasteiger partial charge in [-0.15, -0.1) is 0 Å². The first kappa shape index (κ1) is 14.6. The van der Waals surface area contributed by atoms with Gasteiger partial charge in [-0.2, -0.15) is 0 Å². The van der Waals surface area contributed by atoms with E-state index >= 15 is 0 Å². The Balaban J connectivity index is 2.51. The van der Waals surface area contributed by atoms with Crippen molar-refractivity contribution in [1.29, 1.82) is 0 Å². The molecule has 7 nitrogen and oxygen atoms in total. The van der Waals surface area contributed by atoms with Crippen LogP contribution >= 0.6 is 0 Å². The first-order valence-electron chi connectivity index (χ1n) is 5.97. The summed E-state index contributed by atoms with van der Waals surface area (Å²) in [5.74, 6) is 0. The molecule has 7 heteroatoms. The number of alkyl carbamates (subject to hydrolysis) is 1. The van der Waals surface area contributed by atoms with Gasteiger partial charge < -0.3 is 25.8 Å². The number of piperidine rings is 1. The molecule has 4 N–H and O–H groups in total. The molecule has 0 aromatic carbocycles. The van der Waals surface area contributed by atoms with Crippen LogP contribution in [0.15, 0.2) is 0 Å². The Labute approximate surface area is 106 Å². The molecule has 0 bridgehead atoms. The van der Waals surface area contributed by atoms with E-state index in [0.29, 0.717) is 13.0 Å². The molecule has 0 aromatic rings. The van der Waals surface area contributed by atoms with Crippen LogP contribution in [0.4, 0.5) is 9.59 Å². The molecule has 0 aliphatic carbocycles. The molecule has 18 heavy (non-hydrogen) atoms. The Kier molecular flexibility index (Phi) is 4.77. The summed E-state index contributed by atoms with van der Waals surface area (Å²) < 4.78 is 5.14. The highest BCUT2D eigenvalue weighted by molar-refractivity contribution is 5.69. The van der Waals surface area contributed by atoms with Crippen LogP contribution in [0.2, 0.25) is 0 Å². The normalized spacial score (nSPS) is 24.2. The highest BCUT2D eigenvalue weighted by Crippen LogP contribution is 2.09. The van der Waals surface area contributed by atoms with E-state index in [0.717, 1.165) is 6.54 Å². The van der Waals surface area contributed by atoms with Crippen LogP contribution in [0.25, 0.3) is 0 Å². The maximum Gasteiger partial charge on any atom is 0.407 e. The van der Waals surface area contributed by atoms with E-state index < -0.39 is 17.8 Å². The van der Waals surface area contributed by atoms with E-state index in [4.69, 9.17) is 9.84 Å². The average molecular weight is 259 g/mol. The number of hydrogen-bond donors (Lipinski definition) is 4. The van der Waals surface area contributed by atoms with Crippen molar-refractivity contribution >= 4 is 12.2 Å². The summed E-state index contributed by atoms with van der Waals surface area (Å²) in [7, 11) is 0. The van der Waals surface area contributed by atoms with Gasteiger partial charge in [-0.05, 0) is 33.7 Å². The van der Waals surface area contributed by atoms with Crippen LogP contribution in [-0.4, -0.2) is 48.1 Å². The number of ether oxygens (including phenoxy) is 1. The SMILES string of the molecule is CC(C)(C)OC(=O)N[C@H]1CNCC[C@@H]1NC(=O)O. The molecular weight excluding hydrogens is 238 g/mol. The summed E-state index contributed by atoms with van der Waals surface area (Å²) in [4.78, 5) is 22.3. The van der Waals surface area contributed by atoms with Gasteiger partial charge >= 0.3 is 12.2 Å². The predicted octanol–water partition coefficient (Wildman–Crippen LogP) is 0.509. The molecule has 1 heterocycles. The van der Waals surface area contributed by atoms with Crippen molar-refractivity contribution in [1.82, 2.24) is 16.0 Å². The van der Waals surface area contributed by atoms with Crippen molar-refractivity contribution in [3.8, 4) is 0 Å². The van der Waals surface area contributed by atoms with Crippen LogP contribution in [-0.2, 0) is 4.74 Å². The van der Waals surface area contributed by atoms with Gasteiger partial charge in [-0.3, -0.25) is 0 Å². The molecule has 0 saturated carbocycles. The fourth-order valence-corrected chi connectivity index (χ4v) is 1.80. The minimum Gasteiger partial charge on any atom is -0.465 e. The molecule has 1 aliphatic heterocycles. The van der Waals surface area contributed by atoms with Crippen LogP contribution in [0.1, 0.15) is 27.2 Å². The van der Waals surface area contributed by atoms with Gasteiger partial charge in [0.1, 0.15) is 5.60 Å². The predicted molar refractivity (Wildman–Crippen MR) is 65.6 cm³/mol. The van der Waals surface area contributed by atoms with Crippen molar-refractivity contribution in [2.75, 3.05) is 13.1 Å². The fraction of sp³-hybridized carbons (Fsp3) is 0.818. The van der Waals surface area contributed by atoms with Crippen molar-refractivity contribution in [3.63, 3.8) is 0 Å². The molecular formula is C11H21N3O4. The summed E-state index contributed by atoms with van der Waals surface area (Å²) in [5.41, 5.74) is -0.568. The fourth-order valence-electron chi connectivity index (χ4n) is 1.80. The smallest absolute Gasteiger partial charge is 0.407 e. The lowest BCUT2D eigenvalue weighted by Crippen LogP contribution is -2.60. The molecule has 104 valence electrons. The molecule has 1 fully saturated rings. The van der Waals surface area contributed by atoms with Gasteiger partial charge in [-0.1, -0.05) is 0 Å². The second-order valence-corrected chi connectivity index (χ2v) is 5.30. The van der Waals surface area contributed by atoms with Crippen molar-refractivity contribution < 1.29 is 19.4 Å². The minimum absolute atomic E-state index is 0.295. The van der Waals surface area contributed by atoms with E-state index in [2.05, 4.69) is 16.0 Å². The number of carbonyl (C=O) groups excluding carboxylic acids is 1. The number of carbonyl (C=O) groups is 2.